The number of anilines is 1. The average molecular weight is 373 g/mol. The molecule has 0 bridgehead atoms. The third-order valence-corrected chi connectivity index (χ3v) is 4.38. The predicted molar refractivity (Wildman–Crippen MR) is 96.1 cm³/mol. The molecule has 0 aromatic heterocycles. The highest BCUT2D eigenvalue weighted by atomic mass is 35.5. The maximum atomic E-state index is 12.3. The maximum Gasteiger partial charge on any atom is 0.265 e. The van der Waals surface area contributed by atoms with Crippen molar-refractivity contribution in [2.45, 2.75) is 26.9 Å². The lowest BCUT2D eigenvalue weighted by Crippen LogP contribution is -2.30. The number of hydrogen-bond donors (Lipinski definition) is 1. The topological polar surface area (TPSA) is 38.3 Å². The molecule has 1 N–H and O–H groups in total. The highest BCUT2D eigenvalue weighted by Gasteiger charge is 2.18. The highest BCUT2D eigenvalue weighted by Crippen LogP contribution is 2.32. The first kappa shape index (κ1) is 17.9. The van der Waals surface area contributed by atoms with Crippen molar-refractivity contribution in [3.05, 3.63) is 56.5 Å². The smallest absolute Gasteiger partial charge is 0.265 e. The molecular weight excluding hydrogens is 357 g/mol. The molecule has 0 aliphatic rings. The summed E-state index contributed by atoms with van der Waals surface area (Å²) >= 11 is 17.9. The Bertz CT molecular complexity index is 727. The Morgan fingerprint density at radius 3 is 2.22 bits per heavy atom. The monoisotopic (exact) mass is 371 g/mol. The van der Waals surface area contributed by atoms with Gasteiger partial charge in [0.2, 0.25) is 0 Å². The van der Waals surface area contributed by atoms with Gasteiger partial charge in [-0.1, -0.05) is 53.0 Å². The van der Waals surface area contributed by atoms with Crippen LogP contribution >= 0.6 is 34.8 Å². The van der Waals surface area contributed by atoms with Gasteiger partial charge in [-0.05, 0) is 44.0 Å². The molecular formula is C17H16Cl3NO2. The second-order valence-corrected chi connectivity index (χ2v) is 6.44. The van der Waals surface area contributed by atoms with Gasteiger partial charge in [0.1, 0.15) is 5.75 Å². The standard InChI is InChI=1S/C17H16Cl3NO2/c1-9-5-4-6-10(2)16(9)23-11(3)17(22)21-15-8-13(19)12(18)7-14(15)20/h4-8,11H,1-3H3,(H,21,22)/t11-/m0/s1. The van der Waals surface area contributed by atoms with Crippen molar-refractivity contribution in [3.8, 4) is 5.75 Å². The Balaban J connectivity index is 2.13. The molecule has 0 aliphatic heterocycles. The first-order valence-corrected chi connectivity index (χ1v) is 8.11. The number of hydrogen-bond acceptors (Lipinski definition) is 2. The van der Waals surface area contributed by atoms with E-state index in [1.807, 2.05) is 32.0 Å². The summed E-state index contributed by atoms with van der Waals surface area (Å²) in [5, 5.41) is 3.65. The number of benzene rings is 2. The molecule has 6 heteroatoms. The molecule has 2 aromatic carbocycles. The lowest BCUT2D eigenvalue weighted by Gasteiger charge is -2.18. The summed E-state index contributed by atoms with van der Waals surface area (Å²) in [5.41, 5.74) is 2.33. The van der Waals surface area contributed by atoms with Crippen LogP contribution in [0.3, 0.4) is 0 Å². The van der Waals surface area contributed by atoms with Gasteiger partial charge in [0, 0.05) is 0 Å². The van der Waals surface area contributed by atoms with Crippen molar-refractivity contribution >= 4 is 46.4 Å². The molecule has 0 saturated heterocycles. The van der Waals surface area contributed by atoms with E-state index in [0.29, 0.717) is 26.5 Å². The van der Waals surface area contributed by atoms with Crippen LogP contribution in [0, 0.1) is 13.8 Å². The molecule has 2 aromatic rings. The Morgan fingerprint density at radius 2 is 1.61 bits per heavy atom. The van der Waals surface area contributed by atoms with Gasteiger partial charge in [0.25, 0.3) is 5.91 Å². The molecule has 0 radical (unpaired) electrons. The van der Waals surface area contributed by atoms with Gasteiger partial charge in [-0.3, -0.25) is 4.79 Å². The zero-order valence-corrected chi connectivity index (χ0v) is 15.2. The molecule has 0 heterocycles. The van der Waals surface area contributed by atoms with Crippen LogP contribution in [-0.2, 0) is 4.79 Å². The molecule has 1 amide bonds. The summed E-state index contributed by atoms with van der Waals surface area (Å²) in [6, 6.07) is 8.80. The number of nitrogens with one attached hydrogen (secondary N) is 1. The fraction of sp³-hybridized carbons (Fsp3) is 0.235. The first-order chi connectivity index (χ1) is 10.8. The third kappa shape index (κ3) is 4.31. The Hall–Kier alpha value is -1.42. The van der Waals surface area contributed by atoms with E-state index >= 15 is 0 Å². The second kappa shape index (κ2) is 7.43. The van der Waals surface area contributed by atoms with Crippen LogP contribution in [-0.4, -0.2) is 12.0 Å². The molecule has 0 spiro atoms. The first-order valence-electron chi connectivity index (χ1n) is 6.98. The number of rotatable bonds is 4. The van der Waals surface area contributed by atoms with Gasteiger partial charge in [-0.2, -0.15) is 0 Å². The van der Waals surface area contributed by atoms with Gasteiger partial charge < -0.3 is 10.1 Å². The van der Waals surface area contributed by atoms with E-state index in [-0.39, 0.29) is 5.91 Å². The van der Waals surface area contributed by atoms with Crippen LogP contribution in [0.25, 0.3) is 0 Å². The number of para-hydroxylation sites is 1. The van der Waals surface area contributed by atoms with E-state index in [0.717, 1.165) is 11.1 Å². The molecule has 0 aliphatic carbocycles. The van der Waals surface area contributed by atoms with Crippen molar-refractivity contribution in [3.63, 3.8) is 0 Å². The molecule has 23 heavy (non-hydrogen) atoms. The van der Waals surface area contributed by atoms with Crippen molar-refractivity contribution in [1.82, 2.24) is 0 Å². The normalized spacial score (nSPS) is 11.9. The molecule has 1 atom stereocenters. The number of aryl methyl sites for hydroxylation is 2. The van der Waals surface area contributed by atoms with Crippen molar-refractivity contribution in [1.29, 1.82) is 0 Å². The van der Waals surface area contributed by atoms with E-state index in [1.54, 1.807) is 6.92 Å². The molecule has 0 saturated carbocycles. The van der Waals surface area contributed by atoms with Gasteiger partial charge in [0.15, 0.2) is 6.10 Å². The fourth-order valence-corrected chi connectivity index (χ4v) is 2.66. The summed E-state index contributed by atoms with van der Waals surface area (Å²) in [5.74, 6) is 0.378. The quantitative estimate of drug-likeness (QED) is 0.702. The molecule has 3 nitrogen and oxygen atoms in total. The molecule has 0 fully saturated rings. The molecule has 2 rings (SSSR count). The van der Waals surface area contributed by atoms with E-state index in [4.69, 9.17) is 39.5 Å². The van der Waals surface area contributed by atoms with Gasteiger partial charge in [-0.15, -0.1) is 0 Å². The van der Waals surface area contributed by atoms with Gasteiger partial charge >= 0.3 is 0 Å². The molecule has 0 unspecified atom stereocenters. The summed E-state index contributed by atoms with van der Waals surface area (Å²) in [6.45, 7) is 5.54. The highest BCUT2D eigenvalue weighted by molar-refractivity contribution is 6.44. The fourth-order valence-electron chi connectivity index (χ4n) is 2.07. The number of carbonyl (C=O) groups is 1. The van der Waals surface area contributed by atoms with Crippen LogP contribution < -0.4 is 10.1 Å². The second-order valence-electron chi connectivity index (χ2n) is 5.22. The minimum Gasteiger partial charge on any atom is -0.480 e. The lowest BCUT2D eigenvalue weighted by atomic mass is 10.1. The molecule has 122 valence electrons. The minimum absolute atomic E-state index is 0.312. The van der Waals surface area contributed by atoms with Crippen LogP contribution in [0.1, 0.15) is 18.1 Å². The van der Waals surface area contributed by atoms with E-state index in [9.17, 15) is 4.79 Å². The largest absolute Gasteiger partial charge is 0.480 e. The zero-order valence-electron chi connectivity index (χ0n) is 12.9. The van der Waals surface area contributed by atoms with Crippen LogP contribution in [0.4, 0.5) is 5.69 Å². The number of amides is 1. The van der Waals surface area contributed by atoms with Crippen molar-refractivity contribution < 1.29 is 9.53 Å². The summed E-state index contributed by atoms with van der Waals surface area (Å²) in [7, 11) is 0. The van der Waals surface area contributed by atoms with Crippen LogP contribution in [0.2, 0.25) is 15.1 Å². The summed E-state index contributed by atoms with van der Waals surface area (Å²) in [6.07, 6.45) is -0.694. The van der Waals surface area contributed by atoms with Crippen molar-refractivity contribution in [2.75, 3.05) is 5.32 Å². The Labute approximate surface area is 150 Å². The van der Waals surface area contributed by atoms with E-state index in [1.165, 1.54) is 12.1 Å². The van der Waals surface area contributed by atoms with Gasteiger partial charge in [0.05, 0.1) is 20.8 Å². The number of ether oxygens (including phenoxy) is 1. The van der Waals surface area contributed by atoms with Gasteiger partial charge in [-0.25, -0.2) is 0 Å². The zero-order chi connectivity index (χ0) is 17.1. The Kier molecular flexibility index (Phi) is 5.79. The van der Waals surface area contributed by atoms with E-state index < -0.39 is 6.10 Å². The SMILES string of the molecule is Cc1cccc(C)c1O[C@@H](C)C(=O)Nc1cc(Cl)c(Cl)cc1Cl. The average Bonchev–Trinajstić information content (AvgIpc) is 2.48. The van der Waals surface area contributed by atoms with Crippen molar-refractivity contribution in [2.24, 2.45) is 0 Å². The number of halogens is 3. The summed E-state index contributed by atoms with van der Waals surface area (Å²) < 4.78 is 5.79. The van der Waals surface area contributed by atoms with Crippen LogP contribution in [0.15, 0.2) is 30.3 Å². The maximum absolute atomic E-state index is 12.3. The predicted octanol–water partition coefficient (Wildman–Crippen LogP) is 5.67. The summed E-state index contributed by atoms with van der Waals surface area (Å²) in [4.78, 5) is 12.3. The minimum atomic E-state index is -0.694. The van der Waals surface area contributed by atoms with E-state index in [2.05, 4.69) is 5.32 Å². The lowest BCUT2D eigenvalue weighted by molar-refractivity contribution is -0.122. The Morgan fingerprint density at radius 1 is 1.04 bits per heavy atom. The van der Waals surface area contributed by atoms with Crippen LogP contribution in [0.5, 0.6) is 5.75 Å². The number of carbonyl (C=O) groups excluding carboxylic acids is 1. The third-order valence-electron chi connectivity index (χ3n) is 3.34.